The molecule has 7 nitrogen and oxygen atoms in total. The zero-order valence-electron chi connectivity index (χ0n) is 18.0. The first-order valence-corrected chi connectivity index (χ1v) is 11.1. The molecule has 164 valence electrons. The molecular formula is C24H22N2O5S. The van der Waals surface area contributed by atoms with Crippen LogP contribution in [0.1, 0.15) is 54.9 Å². The second kappa shape index (κ2) is 8.55. The van der Waals surface area contributed by atoms with Gasteiger partial charge in [-0.3, -0.25) is 19.3 Å². The molecule has 0 saturated carbocycles. The molecule has 8 heteroatoms. The average molecular weight is 451 g/mol. The van der Waals surface area contributed by atoms with Crippen LogP contribution in [0.3, 0.4) is 0 Å². The van der Waals surface area contributed by atoms with Crippen LogP contribution in [0.2, 0.25) is 0 Å². The van der Waals surface area contributed by atoms with Gasteiger partial charge in [0.15, 0.2) is 0 Å². The molecule has 32 heavy (non-hydrogen) atoms. The number of carbonyl (C=O) groups excluding carboxylic acids is 4. The van der Waals surface area contributed by atoms with Crippen LogP contribution < -0.4 is 5.32 Å². The zero-order valence-corrected chi connectivity index (χ0v) is 18.8. The van der Waals surface area contributed by atoms with E-state index in [4.69, 9.17) is 4.74 Å². The Morgan fingerprint density at radius 2 is 1.66 bits per heavy atom. The minimum atomic E-state index is -0.490. The highest BCUT2D eigenvalue weighted by Gasteiger charge is 2.33. The lowest BCUT2D eigenvalue weighted by Gasteiger charge is -2.27. The van der Waals surface area contributed by atoms with E-state index in [1.54, 1.807) is 38.1 Å². The number of benzene rings is 2. The summed E-state index contributed by atoms with van der Waals surface area (Å²) in [4.78, 5) is 52.9. The number of rotatable bonds is 6. The first-order valence-electron chi connectivity index (χ1n) is 10.3. The lowest BCUT2D eigenvalue weighted by molar-refractivity contribution is -0.116. The molecule has 0 fully saturated rings. The fraction of sp³-hybridized carbons (Fsp3) is 0.250. The summed E-state index contributed by atoms with van der Waals surface area (Å²) in [5.74, 6) is -1.71. The Labute approximate surface area is 189 Å². The molecule has 3 amide bonds. The molecule has 1 aliphatic heterocycles. The summed E-state index contributed by atoms with van der Waals surface area (Å²) in [6.45, 7) is 5.55. The van der Waals surface area contributed by atoms with Gasteiger partial charge in [0.05, 0.1) is 12.2 Å². The van der Waals surface area contributed by atoms with E-state index in [1.807, 2.05) is 19.1 Å². The van der Waals surface area contributed by atoms with Gasteiger partial charge in [-0.15, -0.1) is 11.3 Å². The fourth-order valence-corrected chi connectivity index (χ4v) is 4.91. The number of ether oxygens (including phenoxy) is 1. The van der Waals surface area contributed by atoms with E-state index >= 15 is 0 Å². The third-order valence-electron chi connectivity index (χ3n) is 5.54. The number of carbonyl (C=O) groups is 4. The Bertz CT molecular complexity index is 1230. The van der Waals surface area contributed by atoms with Gasteiger partial charge >= 0.3 is 5.97 Å². The van der Waals surface area contributed by atoms with Gasteiger partial charge < -0.3 is 10.1 Å². The molecule has 2 heterocycles. The molecule has 0 spiro atoms. The maximum absolute atomic E-state index is 13.0. The quantitative estimate of drug-likeness (QED) is 0.446. The summed E-state index contributed by atoms with van der Waals surface area (Å²) in [5.41, 5.74) is 2.00. The number of thiophene rings is 1. The number of amides is 3. The van der Waals surface area contributed by atoms with Gasteiger partial charge in [-0.05, 0) is 43.9 Å². The maximum Gasteiger partial charge on any atom is 0.341 e. The fourth-order valence-electron chi connectivity index (χ4n) is 3.85. The van der Waals surface area contributed by atoms with Crippen LogP contribution in [-0.2, 0) is 9.53 Å². The van der Waals surface area contributed by atoms with Gasteiger partial charge in [-0.1, -0.05) is 24.3 Å². The Hall–Kier alpha value is -3.52. The average Bonchev–Trinajstić information content (AvgIpc) is 3.04. The summed E-state index contributed by atoms with van der Waals surface area (Å²) in [5, 5.41) is 4.64. The van der Waals surface area contributed by atoms with Crippen molar-refractivity contribution in [2.45, 2.75) is 27.2 Å². The number of anilines is 1. The number of aryl methyl sites for hydroxylation is 1. The summed E-state index contributed by atoms with van der Waals surface area (Å²) < 4.78 is 5.11. The SMILES string of the molecule is CCOC(=O)c1c(NC(=O)CCN2C(=O)c3cccc4cccc(c34)C2=O)sc(C)c1C. The molecule has 0 radical (unpaired) electrons. The third-order valence-corrected chi connectivity index (χ3v) is 6.66. The summed E-state index contributed by atoms with van der Waals surface area (Å²) in [6.07, 6.45) is -0.0894. The van der Waals surface area contributed by atoms with Crippen LogP contribution in [0, 0.1) is 13.8 Å². The molecule has 1 aromatic heterocycles. The Morgan fingerprint density at radius 1 is 1.03 bits per heavy atom. The van der Waals surface area contributed by atoms with Crippen molar-refractivity contribution in [3.63, 3.8) is 0 Å². The van der Waals surface area contributed by atoms with Crippen LogP contribution in [0.5, 0.6) is 0 Å². The van der Waals surface area contributed by atoms with Crippen molar-refractivity contribution >= 4 is 50.8 Å². The van der Waals surface area contributed by atoms with Gasteiger partial charge in [0.2, 0.25) is 5.91 Å². The first-order chi connectivity index (χ1) is 15.3. The van der Waals surface area contributed by atoms with Crippen molar-refractivity contribution in [3.05, 3.63) is 63.5 Å². The van der Waals surface area contributed by atoms with Crippen LogP contribution in [0.15, 0.2) is 36.4 Å². The maximum atomic E-state index is 13.0. The molecule has 0 aliphatic carbocycles. The smallest absolute Gasteiger partial charge is 0.341 e. The molecular weight excluding hydrogens is 428 g/mol. The number of nitrogens with one attached hydrogen (secondary N) is 1. The van der Waals surface area contributed by atoms with Gasteiger partial charge in [0, 0.05) is 34.4 Å². The van der Waals surface area contributed by atoms with E-state index in [0.29, 0.717) is 27.1 Å². The van der Waals surface area contributed by atoms with Crippen molar-refractivity contribution in [2.75, 3.05) is 18.5 Å². The molecule has 4 rings (SSSR count). The first kappa shape index (κ1) is 21.7. The lowest BCUT2D eigenvalue weighted by atomic mass is 9.94. The Morgan fingerprint density at radius 3 is 2.25 bits per heavy atom. The predicted molar refractivity (Wildman–Crippen MR) is 122 cm³/mol. The third kappa shape index (κ3) is 3.67. The number of hydrogen-bond donors (Lipinski definition) is 1. The molecule has 3 aromatic rings. The van der Waals surface area contributed by atoms with Gasteiger partial charge in [-0.25, -0.2) is 4.79 Å². The van der Waals surface area contributed by atoms with Crippen LogP contribution >= 0.6 is 11.3 Å². The molecule has 0 saturated heterocycles. The van der Waals surface area contributed by atoms with Gasteiger partial charge in [-0.2, -0.15) is 0 Å². The van der Waals surface area contributed by atoms with Crippen LogP contribution in [-0.4, -0.2) is 41.7 Å². The largest absolute Gasteiger partial charge is 0.462 e. The number of nitrogens with zero attached hydrogens (tertiary/aromatic N) is 1. The number of imide groups is 1. The molecule has 2 aromatic carbocycles. The van der Waals surface area contributed by atoms with Crippen molar-refractivity contribution in [2.24, 2.45) is 0 Å². The topological polar surface area (TPSA) is 92.8 Å². The van der Waals surface area contributed by atoms with E-state index in [9.17, 15) is 19.2 Å². The number of hydrogen-bond acceptors (Lipinski definition) is 6. The van der Waals surface area contributed by atoms with E-state index < -0.39 is 23.7 Å². The minimum Gasteiger partial charge on any atom is -0.462 e. The van der Waals surface area contributed by atoms with Crippen molar-refractivity contribution in [3.8, 4) is 0 Å². The molecule has 1 N–H and O–H groups in total. The highest BCUT2D eigenvalue weighted by atomic mass is 32.1. The van der Waals surface area contributed by atoms with E-state index in [0.717, 1.165) is 20.7 Å². The van der Waals surface area contributed by atoms with Gasteiger partial charge in [0.1, 0.15) is 5.00 Å². The van der Waals surface area contributed by atoms with Gasteiger partial charge in [0.25, 0.3) is 11.8 Å². The second-order valence-corrected chi connectivity index (χ2v) is 8.70. The second-order valence-electron chi connectivity index (χ2n) is 7.48. The molecule has 0 bridgehead atoms. The monoisotopic (exact) mass is 450 g/mol. The van der Waals surface area contributed by atoms with E-state index in [2.05, 4.69) is 5.32 Å². The summed E-state index contributed by atoms with van der Waals surface area (Å²) in [7, 11) is 0. The number of esters is 1. The lowest BCUT2D eigenvalue weighted by Crippen LogP contribution is -2.41. The van der Waals surface area contributed by atoms with Crippen LogP contribution in [0.4, 0.5) is 5.00 Å². The summed E-state index contributed by atoms with van der Waals surface area (Å²) in [6, 6.07) is 10.7. The standard InChI is InChI=1S/C24H22N2O5S/c1-4-31-24(30)19-13(2)14(3)32-21(19)25-18(27)11-12-26-22(28)16-9-5-7-15-8-6-10-17(20(15)16)23(26)29/h5-10H,4,11-12H2,1-3H3,(H,25,27). The van der Waals surface area contributed by atoms with Crippen molar-refractivity contribution in [1.82, 2.24) is 4.90 Å². The predicted octanol–water partition coefficient (Wildman–Crippen LogP) is 4.32. The van der Waals surface area contributed by atoms with Crippen molar-refractivity contribution in [1.29, 1.82) is 0 Å². The van der Waals surface area contributed by atoms with Crippen molar-refractivity contribution < 1.29 is 23.9 Å². The Kier molecular flexibility index (Phi) is 5.80. The van der Waals surface area contributed by atoms with E-state index in [-0.39, 0.29) is 19.6 Å². The zero-order chi connectivity index (χ0) is 23.0. The highest BCUT2D eigenvalue weighted by Crippen LogP contribution is 2.33. The van der Waals surface area contributed by atoms with Crippen LogP contribution in [0.25, 0.3) is 10.8 Å². The Balaban J connectivity index is 1.51. The van der Waals surface area contributed by atoms with E-state index in [1.165, 1.54) is 11.3 Å². The molecule has 1 aliphatic rings. The molecule has 0 unspecified atom stereocenters. The highest BCUT2D eigenvalue weighted by molar-refractivity contribution is 7.16. The summed E-state index contributed by atoms with van der Waals surface area (Å²) >= 11 is 1.29. The molecule has 0 atom stereocenters. The minimum absolute atomic E-state index is 0.0632. The normalized spacial score (nSPS) is 12.9.